The van der Waals surface area contributed by atoms with Crippen LogP contribution in [0.25, 0.3) is 10.9 Å². The molecule has 3 rings (SSSR count). The number of halogens is 1. The molecule has 3 aromatic rings. The molecule has 2 aromatic carbocycles. The van der Waals surface area contributed by atoms with Gasteiger partial charge in [-0.05, 0) is 23.8 Å². The molecular weight excluding hydrogens is 271 g/mol. The zero-order valence-corrected chi connectivity index (χ0v) is 11.4. The van der Waals surface area contributed by atoms with Gasteiger partial charge in [0.15, 0.2) is 0 Å². The molecular formula is C16H13FN2O2. The van der Waals surface area contributed by atoms with Gasteiger partial charge in [0.1, 0.15) is 5.82 Å². The average molecular weight is 284 g/mol. The molecule has 0 fully saturated rings. The van der Waals surface area contributed by atoms with E-state index in [1.807, 2.05) is 12.1 Å². The Bertz CT molecular complexity index is 811. The summed E-state index contributed by atoms with van der Waals surface area (Å²) in [6.07, 6.45) is 1.68. The van der Waals surface area contributed by atoms with Crippen LogP contribution in [0.2, 0.25) is 0 Å². The van der Waals surface area contributed by atoms with Crippen LogP contribution in [0, 0.1) is 5.82 Å². The summed E-state index contributed by atoms with van der Waals surface area (Å²) < 4.78 is 19.7. The predicted molar refractivity (Wildman–Crippen MR) is 76.6 cm³/mol. The number of methoxy groups -OCH3 is 1. The lowest BCUT2D eigenvalue weighted by Crippen LogP contribution is -2.08. The summed E-state index contributed by atoms with van der Waals surface area (Å²) in [5, 5.41) is 5.13. The highest BCUT2D eigenvalue weighted by molar-refractivity contribution is 6.02. The van der Waals surface area contributed by atoms with Crippen LogP contribution < -0.4 is 0 Å². The highest BCUT2D eigenvalue weighted by Gasteiger charge is 2.14. The number of carbonyl (C=O) groups excluding carboxylic acids is 1. The third-order valence-electron chi connectivity index (χ3n) is 3.29. The van der Waals surface area contributed by atoms with Gasteiger partial charge in [-0.1, -0.05) is 24.3 Å². The molecule has 0 aliphatic carbocycles. The van der Waals surface area contributed by atoms with E-state index < -0.39 is 5.97 Å². The summed E-state index contributed by atoms with van der Waals surface area (Å²) in [7, 11) is 1.34. The number of benzene rings is 2. The molecule has 0 N–H and O–H groups in total. The Morgan fingerprint density at radius 2 is 2.10 bits per heavy atom. The van der Waals surface area contributed by atoms with Gasteiger partial charge in [0.05, 0.1) is 30.9 Å². The molecule has 0 bridgehead atoms. The number of carbonyl (C=O) groups is 1. The molecule has 0 spiro atoms. The second-order valence-electron chi connectivity index (χ2n) is 4.67. The van der Waals surface area contributed by atoms with Crippen molar-refractivity contribution in [1.29, 1.82) is 0 Å². The number of hydrogen-bond acceptors (Lipinski definition) is 3. The van der Waals surface area contributed by atoms with E-state index in [1.165, 1.54) is 19.2 Å². The first-order valence-corrected chi connectivity index (χ1v) is 6.46. The molecule has 0 radical (unpaired) electrons. The van der Waals surface area contributed by atoms with Gasteiger partial charge in [-0.2, -0.15) is 5.10 Å². The van der Waals surface area contributed by atoms with Gasteiger partial charge in [-0.25, -0.2) is 9.18 Å². The molecule has 5 heteroatoms. The van der Waals surface area contributed by atoms with E-state index in [9.17, 15) is 9.18 Å². The number of fused-ring (bicyclic) bond motifs is 1. The third-order valence-corrected chi connectivity index (χ3v) is 3.29. The van der Waals surface area contributed by atoms with E-state index in [4.69, 9.17) is 4.74 Å². The molecule has 0 aliphatic heterocycles. The van der Waals surface area contributed by atoms with Crippen molar-refractivity contribution in [3.05, 3.63) is 65.6 Å². The van der Waals surface area contributed by atoms with Gasteiger partial charge in [0, 0.05) is 5.39 Å². The Labute approximate surface area is 120 Å². The topological polar surface area (TPSA) is 44.1 Å². The SMILES string of the molecule is COC(=O)c1cccc2cnn(Cc3cccc(F)c3)c12. The fourth-order valence-electron chi connectivity index (χ4n) is 2.35. The van der Waals surface area contributed by atoms with Crippen molar-refractivity contribution in [2.45, 2.75) is 6.54 Å². The molecule has 4 nitrogen and oxygen atoms in total. The highest BCUT2D eigenvalue weighted by Crippen LogP contribution is 2.20. The number of nitrogens with zero attached hydrogens (tertiary/aromatic N) is 2. The lowest BCUT2D eigenvalue weighted by Gasteiger charge is -2.07. The molecule has 0 unspecified atom stereocenters. The first kappa shape index (κ1) is 13.3. The number of para-hydroxylation sites is 1. The largest absolute Gasteiger partial charge is 0.465 e. The van der Waals surface area contributed by atoms with Crippen LogP contribution in [0.4, 0.5) is 4.39 Å². The minimum Gasteiger partial charge on any atom is -0.465 e. The van der Waals surface area contributed by atoms with E-state index in [0.717, 1.165) is 10.9 Å². The van der Waals surface area contributed by atoms with Crippen molar-refractivity contribution >= 4 is 16.9 Å². The van der Waals surface area contributed by atoms with E-state index in [1.54, 1.807) is 29.1 Å². The smallest absolute Gasteiger partial charge is 0.340 e. The quantitative estimate of drug-likeness (QED) is 0.694. The van der Waals surface area contributed by atoms with E-state index in [0.29, 0.717) is 17.6 Å². The number of rotatable bonds is 3. The Morgan fingerprint density at radius 1 is 1.29 bits per heavy atom. The van der Waals surface area contributed by atoms with Crippen LogP contribution in [-0.4, -0.2) is 22.9 Å². The first-order valence-electron chi connectivity index (χ1n) is 6.46. The predicted octanol–water partition coefficient (Wildman–Crippen LogP) is 3.01. The Kier molecular flexibility index (Phi) is 3.39. The fourth-order valence-corrected chi connectivity index (χ4v) is 2.35. The maximum atomic E-state index is 13.3. The van der Waals surface area contributed by atoms with Gasteiger partial charge in [-0.3, -0.25) is 4.68 Å². The molecule has 0 saturated heterocycles. The van der Waals surface area contributed by atoms with Crippen LogP contribution in [-0.2, 0) is 11.3 Å². The van der Waals surface area contributed by atoms with Crippen LogP contribution in [0.3, 0.4) is 0 Å². The summed E-state index contributed by atoms with van der Waals surface area (Å²) in [5.74, 6) is -0.709. The second-order valence-corrected chi connectivity index (χ2v) is 4.67. The molecule has 1 heterocycles. The first-order chi connectivity index (χ1) is 10.2. The summed E-state index contributed by atoms with van der Waals surface area (Å²) in [6.45, 7) is 0.384. The normalized spacial score (nSPS) is 10.8. The number of hydrogen-bond donors (Lipinski definition) is 0. The fraction of sp³-hybridized carbons (Fsp3) is 0.125. The molecule has 0 aliphatic rings. The third kappa shape index (κ3) is 2.50. The van der Waals surface area contributed by atoms with Crippen LogP contribution in [0.15, 0.2) is 48.7 Å². The van der Waals surface area contributed by atoms with Gasteiger partial charge < -0.3 is 4.74 Å². The Hall–Kier alpha value is -2.69. The van der Waals surface area contributed by atoms with Crippen molar-refractivity contribution < 1.29 is 13.9 Å². The van der Waals surface area contributed by atoms with Crippen molar-refractivity contribution in [3.8, 4) is 0 Å². The molecule has 0 amide bonds. The number of aromatic nitrogens is 2. The van der Waals surface area contributed by atoms with Gasteiger partial charge in [0.2, 0.25) is 0 Å². The van der Waals surface area contributed by atoms with E-state index >= 15 is 0 Å². The highest BCUT2D eigenvalue weighted by atomic mass is 19.1. The zero-order chi connectivity index (χ0) is 14.8. The maximum Gasteiger partial charge on any atom is 0.340 e. The van der Waals surface area contributed by atoms with Crippen LogP contribution >= 0.6 is 0 Å². The van der Waals surface area contributed by atoms with Crippen molar-refractivity contribution in [2.75, 3.05) is 7.11 Å². The van der Waals surface area contributed by atoms with Crippen molar-refractivity contribution in [2.24, 2.45) is 0 Å². The molecule has 21 heavy (non-hydrogen) atoms. The standard InChI is InChI=1S/C16H13FN2O2/c1-21-16(20)14-7-3-5-12-9-18-19(15(12)14)10-11-4-2-6-13(17)8-11/h2-9H,10H2,1H3. The average Bonchev–Trinajstić information content (AvgIpc) is 2.90. The van der Waals surface area contributed by atoms with E-state index in [2.05, 4.69) is 5.10 Å². The zero-order valence-electron chi connectivity index (χ0n) is 11.4. The molecule has 1 aromatic heterocycles. The minimum atomic E-state index is -0.415. The van der Waals surface area contributed by atoms with E-state index in [-0.39, 0.29) is 5.82 Å². The summed E-state index contributed by atoms with van der Waals surface area (Å²) in [4.78, 5) is 11.9. The van der Waals surface area contributed by atoms with Gasteiger partial charge in [0.25, 0.3) is 0 Å². The minimum absolute atomic E-state index is 0.294. The summed E-state index contributed by atoms with van der Waals surface area (Å²) in [5.41, 5.74) is 1.91. The van der Waals surface area contributed by atoms with Crippen LogP contribution in [0.1, 0.15) is 15.9 Å². The number of esters is 1. The lowest BCUT2D eigenvalue weighted by atomic mass is 10.1. The van der Waals surface area contributed by atoms with Crippen molar-refractivity contribution in [1.82, 2.24) is 9.78 Å². The summed E-state index contributed by atoms with van der Waals surface area (Å²) in [6, 6.07) is 11.7. The van der Waals surface area contributed by atoms with Gasteiger partial charge in [-0.15, -0.1) is 0 Å². The lowest BCUT2D eigenvalue weighted by molar-refractivity contribution is 0.0602. The summed E-state index contributed by atoms with van der Waals surface area (Å²) >= 11 is 0. The second kappa shape index (κ2) is 5.36. The Balaban J connectivity index is 2.09. The van der Waals surface area contributed by atoms with Crippen LogP contribution in [0.5, 0.6) is 0 Å². The Morgan fingerprint density at radius 3 is 2.86 bits per heavy atom. The van der Waals surface area contributed by atoms with Crippen molar-refractivity contribution in [3.63, 3.8) is 0 Å². The maximum absolute atomic E-state index is 13.3. The van der Waals surface area contributed by atoms with Gasteiger partial charge >= 0.3 is 5.97 Å². The number of ether oxygens (including phenoxy) is 1. The molecule has 0 atom stereocenters. The monoisotopic (exact) mass is 284 g/mol. The molecule has 0 saturated carbocycles. The molecule has 106 valence electrons.